The van der Waals surface area contributed by atoms with E-state index in [0.717, 1.165) is 21.6 Å². The quantitative estimate of drug-likeness (QED) is 0.797. The Hall–Kier alpha value is -1.000. The summed E-state index contributed by atoms with van der Waals surface area (Å²) in [5.74, 6) is -0.213. The molecule has 2 nitrogen and oxygen atoms in total. The fraction of sp³-hybridized carbons (Fsp3) is 0.222. The number of hydrogen-bond donors (Lipinski definition) is 1. The van der Waals surface area contributed by atoms with Crippen molar-refractivity contribution in [3.63, 3.8) is 0 Å². The maximum absolute atomic E-state index is 12.8. The van der Waals surface area contributed by atoms with Crippen LogP contribution in [0.3, 0.4) is 0 Å². The van der Waals surface area contributed by atoms with Crippen LogP contribution in [0.15, 0.2) is 18.2 Å². The minimum Gasteiger partial charge on any atom is -0.330 e. The Morgan fingerprint density at radius 3 is 3.08 bits per heavy atom. The molecule has 1 aromatic heterocycles. The van der Waals surface area contributed by atoms with Crippen molar-refractivity contribution in [3.8, 4) is 0 Å². The van der Waals surface area contributed by atoms with E-state index in [1.165, 1.54) is 23.5 Å². The number of hydrogen-bond acceptors (Lipinski definition) is 3. The lowest BCUT2D eigenvalue weighted by atomic mass is 10.3. The molecule has 0 radical (unpaired) electrons. The third kappa shape index (κ3) is 1.68. The molecule has 0 saturated carbocycles. The molecule has 0 aliphatic heterocycles. The largest absolute Gasteiger partial charge is 0.330 e. The highest BCUT2D eigenvalue weighted by molar-refractivity contribution is 7.18. The van der Waals surface area contributed by atoms with Crippen molar-refractivity contribution in [2.75, 3.05) is 6.54 Å². The number of benzene rings is 1. The lowest BCUT2D eigenvalue weighted by Gasteiger charge is -1.85. The van der Waals surface area contributed by atoms with Gasteiger partial charge in [-0.15, -0.1) is 11.3 Å². The van der Waals surface area contributed by atoms with E-state index in [4.69, 9.17) is 5.73 Å². The van der Waals surface area contributed by atoms with Crippen LogP contribution in [0, 0.1) is 5.82 Å². The predicted octanol–water partition coefficient (Wildman–Crippen LogP) is 1.94. The molecule has 4 heteroatoms. The Kier molecular flexibility index (Phi) is 2.24. The predicted molar refractivity (Wildman–Crippen MR) is 52.3 cm³/mol. The molecule has 0 amide bonds. The van der Waals surface area contributed by atoms with E-state index in [1.54, 1.807) is 6.07 Å². The van der Waals surface area contributed by atoms with E-state index in [-0.39, 0.29) is 5.82 Å². The van der Waals surface area contributed by atoms with Gasteiger partial charge in [0, 0.05) is 6.42 Å². The van der Waals surface area contributed by atoms with Gasteiger partial charge in [-0.1, -0.05) is 0 Å². The second-order valence-electron chi connectivity index (χ2n) is 2.76. The molecule has 0 aliphatic rings. The molecular weight excluding hydrogens is 187 g/mol. The summed E-state index contributed by atoms with van der Waals surface area (Å²) in [6, 6.07) is 4.63. The van der Waals surface area contributed by atoms with E-state index in [2.05, 4.69) is 4.98 Å². The first-order valence-electron chi connectivity index (χ1n) is 4.04. The van der Waals surface area contributed by atoms with Crippen LogP contribution in [0.2, 0.25) is 0 Å². The number of nitrogens with two attached hydrogens (primary N) is 1. The van der Waals surface area contributed by atoms with Crippen molar-refractivity contribution in [1.82, 2.24) is 4.98 Å². The van der Waals surface area contributed by atoms with Gasteiger partial charge in [0.1, 0.15) is 5.82 Å². The molecule has 0 atom stereocenters. The molecule has 2 aromatic rings. The molecule has 1 heterocycles. The van der Waals surface area contributed by atoms with Crippen molar-refractivity contribution < 1.29 is 4.39 Å². The van der Waals surface area contributed by atoms with Gasteiger partial charge in [0.25, 0.3) is 0 Å². The third-order valence-corrected chi connectivity index (χ3v) is 2.83. The van der Waals surface area contributed by atoms with Crippen LogP contribution in [-0.4, -0.2) is 11.5 Å². The zero-order valence-corrected chi connectivity index (χ0v) is 7.77. The molecule has 0 spiro atoms. The summed E-state index contributed by atoms with van der Waals surface area (Å²) in [4.78, 5) is 4.32. The number of halogens is 1. The minimum absolute atomic E-state index is 0.213. The van der Waals surface area contributed by atoms with Crippen molar-refractivity contribution >= 4 is 21.6 Å². The molecular formula is C9H9FN2S. The molecule has 2 N–H and O–H groups in total. The Labute approximate surface area is 79.2 Å². The zero-order chi connectivity index (χ0) is 9.26. The smallest absolute Gasteiger partial charge is 0.124 e. The zero-order valence-electron chi connectivity index (χ0n) is 6.96. The van der Waals surface area contributed by atoms with Crippen molar-refractivity contribution in [2.24, 2.45) is 5.73 Å². The average Bonchev–Trinajstić information content (AvgIpc) is 2.46. The number of nitrogens with zero attached hydrogens (tertiary/aromatic N) is 1. The van der Waals surface area contributed by atoms with Crippen molar-refractivity contribution in [2.45, 2.75) is 6.42 Å². The Balaban J connectivity index is 2.49. The van der Waals surface area contributed by atoms with Gasteiger partial charge >= 0.3 is 0 Å². The lowest BCUT2D eigenvalue weighted by molar-refractivity contribution is 0.630. The van der Waals surface area contributed by atoms with E-state index < -0.39 is 0 Å². The molecule has 13 heavy (non-hydrogen) atoms. The number of rotatable bonds is 2. The summed E-state index contributed by atoms with van der Waals surface area (Å²) in [6.45, 7) is 0.586. The van der Waals surface area contributed by atoms with Crippen LogP contribution in [0.5, 0.6) is 0 Å². The highest BCUT2D eigenvalue weighted by Gasteiger charge is 2.03. The average molecular weight is 196 g/mol. The first-order chi connectivity index (χ1) is 6.29. The van der Waals surface area contributed by atoms with Gasteiger partial charge in [-0.05, 0) is 24.7 Å². The molecule has 0 unspecified atom stereocenters. The third-order valence-electron chi connectivity index (χ3n) is 1.75. The van der Waals surface area contributed by atoms with E-state index in [0.29, 0.717) is 6.54 Å². The second-order valence-corrected chi connectivity index (χ2v) is 3.87. The first-order valence-corrected chi connectivity index (χ1v) is 4.86. The molecule has 1 aromatic carbocycles. The summed E-state index contributed by atoms with van der Waals surface area (Å²) in [5.41, 5.74) is 6.26. The monoisotopic (exact) mass is 196 g/mol. The van der Waals surface area contributed by atoms with Gasteiger partial charge < -0.3 is 5.73 Å². The Morgan fingerprint density at radius 2 is 2.31 bits per heavy atom. The highest BCUT2D eigenvalue weighted by atomic mass is 32.1. The molecule has 0 bridgehead atoms. The van der Waals surface area contributed by atoms with E-state index >= 15 is 0 Å². The van der Waals surface area contributed by atoms with Crippen LogP contribution in [-0.2, 0) is 6.42 Å². The first kappa shape index (κ1) is 8.59. The fourth-order valence-corrected chi connectivity index (χ4v) is 2.18. The summed E-state index contributed by atoms with van der Waals surface area (Å²) in [5, 5.41) is 0.975. The number of fused-ring (bicyclic) bond motifs is 1. The topological polar surface area (TPSA) is 38.9 Å². The van der Waals surface area contributed by atoms with Crippen LogP contribution < -0.4 is 5.73 Å². The SMILES string of the molecule is NCCc1nc2ccc(F)cc2s1. The minimum atomic E-state index is -0.213. The number of thiazole rings is 1. The van der Waals surface area contributed by atoms with Crippen LogP contribution in [0.1, 0.15) is 5.01 Å². The second kappa shape index (κ2) is 3.40. The number of aromatic nitrogens is 1. The standard InChI is InChI=1S/C9H9FN2S/c10-6-1-2-7-8(5-6)13-9(12-7)3-4-11/h1-2,5H,3-4,11H2. The summed E-state index contributed by atoms with van der Waals surface area (Å²) >= 11 is 1.50. The van der Waals surface area contributed by atoms with Crippen LogP contribution in [0.4, 0.5) is 4.39 Å². The van der Waals surface area contributed by atoms with E-state index in [1.807, 2.05) is 0 Å². The maximum atomic E-state index is 12.8. The molecule has 0 saturated heterocycles. The Morgan fingerprint density at radius 1 is 1.46 bits per heavy atom. The van der Waals surface area contributed by atoms with Gasteiger partial charge in [0.2, 0.25) is 0 Å². The molecule has 2 rings (SSSR count). The molecule has 0 fully saturated rings. The maximum Gasteiger partial charge on any atom is 0.124 e. The molecule has 0 aliphatic carbocycles. The van der Waals surface area contributed by atoms with Gasteiger partial charge in [-0.2, -0.15) is 0 Å². The Bertz CT molecular complexity index is 424. The van der Waals surface area contributed by atoms with Crippen LogP contribution >= 0.6 is 11.3 Å². The van der Waals surface area contributed by atoms with Gasteiger partial charge in [-0.3, -0.25) is 0 Å². The van der Waals surface area contributed by atoms with Gasteiger partial charge in [0.15, 0.2) is 0 Å². The van der Waals surface area contributed by atoms with Crippen LogP contribution in [0.25, 0.3) is 10.2 Å². The van der Waals surface area contributed by atoms with Gasteiger partial charge in [-0.25, -0.2) is 9.37 Å². The van der Waals surface area contributed by atoms with Crippen molar-refractivity contribution in [1.29, 1.82) is 0 Å². The summed E-state index contributed by atoms with van der Waals surface area (Å²) < 4.78 is 13.7. The highest BCUT2D eigenvalue weighted by Crippen LogP contribution is 2.22. The summed E-state index contributed by atoms with van der Waals surface area (Å²) in [7, 11) is 0. The van der Waals surface area contributed by atoms with Crippen molar-refractivity contribution in [3.05, 3.63) is 29.0 Å². The van der Waals surface area contributed by atoms with Gasteiger partial charge in [0.05, 0.1) is 15.2 Å². The normalized spacial score (nSPS) is 10.9. The molecule has 68 valence electrons. The van der Waals surface area contributed by atoms with E-state index in [9.17, 15) is 4.39 Å². The summed E-state index contributed by atoms with van der Waals surface area (Å²) in [6.07, 6.45) is 0.765. The lowest BCUT2D eigenvalue weighted by Crippen LogP contribution is -2.01. The fourth-order valence-electron chi connectivity index (χ4n) is 1.18.